The minimum Gasteiger partial charge on any atom is -0.492 e. The van der Waals surface area contributed by atoms with Gasteiger partial charge in [0.25, 0.3) is 5.91 Å². The van der Waals surface area contributed by atoms with Crippen molar-refractivity contribution in [3.63, 3.8) is 0 Å². The van der Waals surface area contributed by atoms with Crippen LogP contribution >= 0.6 is 23.4 Å². The van der Waals surface area contributed by atoms with Gasteiger partial charge in [0.2, 0.25) is 5.91 Å². The Balaban J connectivity index is 1.59. The maximum atomic E-state index is 12.6. The molecule has 2 aromatic rings. The van der Waals surface area contributed by atoms with E-state index in [0.29, 0.717) is 35.2 Å². The molecule has 1 aliphatic rings. The van der Waals surface area contributed by atoms with Crippen LogP contribution in [0.4, 0.5) is 5.69 Å². The Morgan fingerprint density at radius 2 is 2.00 bits per heavy atom. The molecule has 1 heterocycles. The summed E-state index contributed by atoms with van der Waals surface area (Å²) in [6, 6.07) is 12.5. The lowest BCUT2D eigenvalue weighted by molar-refractivity contribution is -0.115. The standard InChI is InChI=1S/C19H19ClN2O3S/c1-12-18(23)21-16-11-13(3-8-17(16)26-12)19(24)22(2)9-10-25-15-6-4-14(20)5-7-15/h3-8,11-12H,9-10H2,1-2H3,(H,21,23). The summed E-state index contributed by atoms with van der Waals surface area (Å²) in [5, 5.41) is 3.37. The van der Waals surface area contributed by atoms with Crippen LogP contribution in [0.3, 0.4) is 0 Å². The van der Waals surface area contributed by atoms with Gasteiger partial charge in [-0.25, -0.2) is 0 Å². The number of thioether (sulfide) groups is 1. The molecular formula is C19H19ClN2O3S. The van der Waals surface area contributed by atoms with E-state index in [2.05, 4.69) is 5.32 Å². The van der Waals surface area contributed by atoms with Crippen LogP contribution in [0.1, 0.15) is 17.3 Å². The van der Waals surface area contributed by atoms with Crippen molar-refractivity contribution in [1.29, 1.82) is 0 Å². The molecule has 0 fully saturated rings. The summed E-state index contributed by atoms with van der Waals surface area (Å²) in [7, 11) is 1.72. The molecule has 0 aromatic heterocycles. The zero-order chi connectivity index (χ0) is 18.7. The van der Waals surface area contributed by atoms with Gasteiger partial charge in [0.15, 0.2) is 0 Å². The molecule has 26 heavy (non-hydrogen) atoms. The van der Waals surface area contributed by atoms with Crippen LogP contribution in [0.15, 0.2) is 47.4 Å². The second-order valence-corrected chi connectivity index (χ2v) is 7.81. The van der Waals surface area contributed by atoms with Gasteiger partial charge in [0.1, 0.15) is 12.4 Å². The first-order valence-electron chi connectivity index (χ1n) is 8.19. The van der Waals surface area contributed by atoms with Crippen LogP contribution < -0.4 is 10.1 Å². The fourth-order valence-electron chi connectivity index (χ4n) is 2.49. The number of hydrogen-bond donors (Lipinski definition) is 1. The molecule has 136 valence electrons. The van der Waals surface area contributed by atoms with Gasteiger partial charge in [-0.2, -0.15) is 0 Å². The first kappa shape index (κ1) is 18.6. The number of rotatable bonds is 5. The van der Waals surface area contributed by atoms with Crippen LogP contribution in [0.25, 0.3) is 0 Å². The summed E-state index contributed by atoms with van der Waals surface area (Å²) in [6.45, 7) is 2.67. The van der Waals surface area contributed by atoms with E-state index in [1.807, 2.05) is 13.0 Å². The van der Waals surface area contributed by atoms with Crippen molar-refractivity contribution in [3.05, 3.63) is 53.1 Å². The summed E-state index contributed by atoms with van der Waals surface area (Å²) in [5.74, 6) is 0.542. The lowest BCUT2D eigenvalue weighted by Gasteiger charge is -2.23. The number of carbonyl (C=O) groups excluding carboxylic acids is 2. The van der Waals surface area contributed by atoms with E-state index in [0.717, 1.165) is 4.90 Å². The molecule has 0 spiro atoms. The highest BCUT2D eigenvalue weighted by molar-refractivity contribution is 8.00. The number of anilines is 1. The van der Waals surface area contributed by atoms with Crippen LogP contribution in [0.5, 0.6) is 5.75 Å². The van der Waals surface area contributed by atoms with E-state index in [1.54, 1.807) is 48.3 Å². The van der Waals surface area contributed by atoms with Gasteiger partial charge >= 0.3 is 0 Å². The molecule has 1 atom stereocenters. The Bertz CT molecular complexity index is 826. The minimum atomic E-state index is -0.128. The number of nitrogens with zero attached hydrogens (tertiary/aromatic N) is 1. The first-order chi connectivity index (χ1) is 12.4. The molecule has 1 unspecified atom stereocenters. The van der Waals surface area contributed by atoms with Crippen molar-refractivity contribution in [2.24, 2.45) is 0 Å². The number of carbonyl (C=O) groups is 2. The van der Waals surface area contributed by atoms with Crippen molar-refractivity contribution in [3.8, 4) is 5.75 Å². The van der Waals surface area contributed by atoms with E-state index in [4.69, 9.17) is 16.3 Å². The molecule has 2 amide bonds. The molecule has 1 N–H and O–H groups in total. The van der Waals surface area contributed by atoms with Gasteiger partial charge in [-0.3, -0.25) is 9.59 Å². The Labute approximate surface area is 161 Å². The minimum absolute atomic E-state index is 0.0446. The zero-order valence-electron chi connectivity index (χ0n) is 14.5. The van der Waals surface area contributed by atoms with Gasteiger partial charge in [-0.15, -0.1) is 11.8 Å². The highest BCUT2D eigenvalue weighted by Gasteiger charge is 2.24. The molecule has 0 bridgehead atoms. The van der Waals surface area contributed by atoms with Crippen LogP contribution in [-0.4, -0.2) is 42.2 Å². The predicted molar refractivity (Wildman–Crippen MR) is 104 cm³/mol. The average Bonchev–Trinajstić information content (AvgIpc) is 2.63. The van der Waals surface area contributed by atoms with E-state index in [1.165, 1.54) is 11.8 Å². The van der Waals surface area contributed by atoms with Gasteiger partial charge in [0, 0.05) is 22.5 Å². The maximum Gasteiger partial charge on any atom is 0.253 e. The third-order valence-electron chi connectivity index (χ3n) is 4.01. The summed E-state index contributed by atoms with van der Waals surface area (Å²) < 4.78 is 5.62. The number of amides is 2. The number of likely N-dealkylation sites (N-methyl/N-ethyl adjacent to an activating group) is 1. The first-order valence-corrected chi connectivity index (χ1v) is 9.45. The molecule has 7 heteroatoms. The Morgan fingerprint density at radius 3 is 2.73 bits per heavy atom. The number of benzene rings is 2. The van der Waals surface area contributed by atoms with Crippen molar-refractivity contribution in [2.75, 3.05) is 25.5 Å². The lowest BCUT2D eigenvalue weighted by Crippen LogP contribution is -2.31. The second-order valence-electron chi connectivity index (χ2n) is 5.99. The maximum absolute atomic E-state index is 12.6. The molecule has 0 saturated carbocycles. The number of halogens is 1. The van der Waals surface area contributed by atoms with Crippen molar-refractivity contribution < 1.29 is 14.3 Å². The largest absolute Gasteiger partial charge is 0.492 e. The van der Waals surface area contributed by atoms with Gasteiger partial charge in [0.05, 0.1) is 17.5 Å². The monoisotopic (exact) mass is 390 g/mol. The molecule has 0 aliphatic carbocycles. The predicted octanol–water partition coefficient (Wildman–Crippen LogP) is 3.92. The number of ether oxygens (including phenoxy) is 1. The molecule has 0 radical (unpaired) electrons. The second kappa shape index (κ2) is 8.01. The van der Waals surface area contributed by atoms with E-state index >= 15 is 0 Å². The molecule has 2 aromatic carbocycles. The van der Waals surface area contributed by atoms with Crippen LogP contribution in [0.2, 0.25) is 5.02 Å². The fourth-order valence-corrected chi connectivity index (χ4v) is 3.55. The van der Waals surface area contributed by atoms with Crippen molar-refractivity contribution in [1.82, 2.24) is 4.90 Å². The summed E-state index contributed by atoms with van der Waals surface area (Å²) in [4.78, 5) is 27.0. The molecule has 3 rings (SSSR count). The van der Waals surface area contributed by atoms with E-state index in [-0.39, 0.29) is 17.1 Å². The van der Waals surface area contributed by atoms with Gasteiger partial charge in [-0.05, 0) is 49.4 Å². The van der Waals surface area contributed by atoms with E-state index in [9.17, 15) is 9.59 Å². The molecular weight excluding hydrogens is 372 g/mol. The van der Waals surface area contributed by atoms with Gasteiger partial charge < -0.3 is 15.0 Å². The lowest BCUT2D eigenvalue weighted by atomic mass is 10.1. The average molecular weight is 391 g/mol. The third-order valence-corrected chi connectivity index (χ3v) is 5.44. The SMILES string of the molecule is CC1Sc2ccc(C(=O)N(C)CCOc3ccc(Cl)cc3)cc2NC1=O. The van der Waals surface area contributed by atoms with Crippen LogP contribution in [-0.2, 0) is 4.79 Å². The third kappa shape index (κ3) is 4.31. The molecule has 0 saturated heterocycles. The number of nitrogens with one attached hydrogen (secondary N) is 1. The Kier molecular flexibility index (Phi) is 5.74. The summed E-state index contributed by atoms with van der Waals surface area (Å²) >= 11 is 7.33. The number of fused-ring (bicyclic) bond motifs is 1. The summed E-state index contributed by atoms with van der Waals surface area (Å²) in [5.41, 5.74) is 1.22. The van der Waals surface area contributed by atoms with Crippen molar-refractivity contribution >= 4 is 40.9 Å². The zero-order valence-corrected chi connectivity index (χ0v) is 16.1. The smallest absolute Gasteiger partial charge is 0.253 e. The Morgan fingerprint density at radius 1 is 1.27 bits per heavy atom. The van der Waals surface area contributed by atoms with Gasteiger partial charge in [-0.1, -0.05) is 11.6 Å². The number of hydrogen-bond acceptors (Lipinski definition) is 4. The normalized spacial score (nSPS) is 15.8. The van der Waals surface area contributed by atoms with Crippen molar-refractivity contribution in [2.45, 2.75) is 17.1 Å². The Hall–Kier alpha value is -2.18. The highest BCUT2D eigenvalue weighted by Crippen LogP contribution is 2.36. The topological polar surface area (TPSA) is 58.6 Å². The van der Waals surface area contributed by atoms with Crippen LogP contribution in [0, 0.1) is 0 Å². The summed E-state index contributed by atoms with van der Waals surface area (Å²) in [6.07, 6.45) is 0. The van der Waals surface area contributed by atoms with E-state index < -0.39 is 0 Å². The molecule has 5 nitrogen and oxygen atoms in total. The fraction of sp³-hybridized carbons (Fsp3) is 0.263. The highest BCUT2D eigenvalue weighted by atomic mass is 35.5. The molecule has 1 aliphatic heterocycles. The quantitative estimate of drug-likeness (QED) is 0.840.